The first-order chi connectivity index (χ1) is 13.1. The number of nitrogens with zero attached hydrogens (tertiary/aromatic N) is 2. The highest BCUT2D eigenvalue weighted by Crippen LogP contribution is 2.20. The number of carbonyl (C=O) groups excluding carboxylic acids is 3. The van der Waals surface area contributed by atoms with Crippen LogP contribution in [-0.2, 0) is 19.1 Å². The fraction of sp³-hybridized carbons (Fsp3) is 0.450. The van der Waals surface area contributed by atoms with E-state index in [4.69, 9.17) is 9.47 Å². The van der Waals surface area contributed by atoms with Crippen molar-refractivity contribution in [2.45, 2.75) is 32.4 Å². The van der Waals surface area contributed by atoms with Crippen LogP contribution in [0.1, 0.15) is 20.8 Å². The molecule has 152 valence electrons. The predicted molar refractivity (Wildman–Crippen MR) is 106 cm³/mol. The summed E-state index contributed by atoms with van der Waals surface area (Å²) in [5, 5.41) is 2.75. The van der Waals surface area contributed by atoms with Gasteiger partial charge >= 0.3 is 6.09 Å². The van der Waals surface area contributed by atoms with Crippen LogP contribution in [0, 0.1) is 0 Å². The average molecular weight is 389 g/mol. The van der Waals surface area contributed by atoms with Crippen molar-refractivity contribution < 1.29 is 23.9 Å². The van der Waals surface area contributed by atoms with E-state index in [9.17, 15) is 14.4 Å². The van der Waals surface area contributed by atoms with Crippen molar-refractivity contribution in [2.24, 2.45) is 0 Å². The van der Waals surface area contributed by atoms with E-state index in [1.807, 2.05) is 0 Å². The van der Waals surface area contributed by atoms with Crippen LogP contribution in [0.2, 0.25) is 0 Å². The van der Waals surface area contributed by atoms with Gasteiger partial charge in [0.1, 0.15) is 18.2 Å². The number of anilines is 2. The highest BCUT2D eigenvalue weighted by molar-refractivity contribution is 5.98. The van der Waals surface area contributed by atoms with E-state index in [1.165, 1.54) is 18.0 Å². The highest BCUT2D eigenvalue weighted by Gasteiger charge is 2.28. The Morgan fingerprint density at radius 2 is 1.96 bits per heavy atom. The lowest BCUT2D eigenvalue weighted by Gasteiger charge is -2.28. The molecule has 1 aromatic rings. The lowest BCUT2D eigenvalue weighted by Crippen LogP contribution is -2.45. The average Bonchev–Trinajstić information content (AvgIpc) is 2.62. The molecule has 0 aliphatic carbocycles. The molecule has 28 heavy (non-hydrogen) atoms. The standard InChI is InChI=1S/C20H27N3O5/c1-6-16(22(5)19(26)28-20(2,3)4)18(25)21-14-7-9-15(10-8-14)23-11-12-27-13-17(23)24/h6-10,16H,1,11-13H2,2-5H3,(H,21,25). The smallest absolute Gasteiger partial charge is 0.410 e. The molecule has 0 radical (unpaired) electrons. The van der Waals surface area contributed by atoms with Crippen molar-refractivity contribution in [3.8, 4) is 0 Å². The first-order valence-corrected chi connectivity index (χ1v) is 9.00. The number of rotatable bonds is 5. The van der Waals surface area contributed by atoms with E-state index in [0.717, 1.165) is 5.69 Å². The molecular weight excluding hydrogens is 362 g/mol. The summed E-state index contributed by atoms with van der Waals surface area (Å²) in [6, 6.07) is 6.00. The molecule has 1 aliphatic heterocycles. The van der Waals surface area contributed by atoms with E-state index < -0.39 is 23.6 Å². The predicted octanol–water partition coefficient (Wildman–Crippen LogP) is 2.41. The van der Waals surface area contributed by atoms with Crippen LogP contribution in [0.25, 0.3) is 0 Å². The number of carbonyl (C=O) groups is 3. The van der Waals surface area contributed by atoms with Gasteiger partial charge in [0, 0.05) is 25.0 Å². The second-order valence-corrected chi connectivity index (χ2v) is 7.41. The van der Waals surface area contributed by atoms with Crippen LogP contribution < -0.4 is 10.2 Å². The van der Waals surface area contributed by atoms with Gasteiger partial charge in [-0.25, -0.2) is 4.79 Å². The van der Waals surface area contributed by atoms with Gasteiger partial charge in [0.25, 0.3) is 11.8 Å². The summed E-state index contributed by atoms with van der Waals surface area (Å²) in [4.78, 5) is 39.5. The summed E-state index contributed by atoms with van der Waals surface area (Å²) in [5.41, 5.74) is 0.608. The van der Waals surface area contributed by atoms with Crippen molar-refractivity contribution >= 4 is 29.3 Å². The lowest BCUT2D eigenvalue weighted by molar-refractivity contribution is -0.125. The number of likely N-dealkylation sites (N-methyl/N-ethyl adjacent to an activating group) is 1. The molecule has 0 spiro atoms. The van der Waals surface area contributed by atoms with Crippen molar-refractivity contribution in [3.63, 3.8) is 0 Å². The Kier molecular flexibility index (Phi) is 6.80. The minimum absolute atomic E-state index is 0.0660. The second kappa shape index (κ2) is 8.88. The van der Waals surface area contributed by atoms with Gasteiger partial charge in [-0.05, 0) is 45.0 Å². The fourth-order valence-electron chi connectivity index (χ4n) is 2.62. The van der Waals surface area contributed by atoms with Gasteiger partial charge in [-0.2, -0.15) is 0 Å². The van der Waals surface area contributed by atoms with Gasteiger partial charge in [-0.15, -0.1) is 6.58 Å². The number of nitrogens with one attached hydrogen (secondary N) is 1. The SMILES string of the molecule is C=CC(C(=O)Nc1ccc(N2CCOCC2=O)cc1)N(C)C(=O)OC(C)(C)C. The van der Waals surface area contributed by atoms with E-state index >= 15 is 0 Å². The Balaban J connectivity index is 2.03. The molecule has 1 heterocycles. The van der Waals surface area contributed by atoms with Gasteiger partial charge in [0.15, 0.2) is 0 Å². The molecule has 0 aromatic heterocycles. The number of morpholine rings is 1. The Labute approximate surface area is 165 Å². The molecule has 2 rings (SSSR count). The first kappa shape index (κ1) is 21.4. The third-order valence-corrected chi connectivity index (χ3v) is 4.02. The Hall–Kier alpha value is -2.87. The van der Waals surface area contributed by atoms with Crippen LogP contribution in [-0.4, -0.2) is 61.3 Å². The van der Waals surface area contributed by atoms with Crippen molar-refractivity contribution in [1.29, 1.82) is 0 Å². The monoisotopic (exact) mass is 389 g/mol. The summed E-state index contributed by atoms with van der Waals surface area (Å²) in [5.74, 6) is -0.521. The van der Waals surface area contributed by atoms with Crippen LogP contribution in [0.3, 0.4) is 0 Å². The van der Waals surface area contributed by atoms with Crippen molar-refractivity contribution in [2.75, 3.05) is 37.0 Å². The summed E-state index contributed by atoms with van der Waals surface area (Å²) in [6.07, 6.45) is 0.758. The van der Waals surface area contributed by atoms with Crippen LogP contribution in [0.5, 0.6) is 0 Å². The first-order valence-electron chi connectivity index (χ1n) is 9.00. The quantitative estimate of drug-likeness (QED) is 0.782. The molecule has 1 aliphatic rings. The lowest BCUT2D eigenvalue weighted by atomic mass is 10.2. The largest absolute Gasteiger partial charge is 0.444 e. The van der Waals surface area contributed by atoms with Gasteiger partial charge in [0.05, 0.1) is 6.61 Å². The van der Waals surface area contributed by atoms with Gasteiger partial charge in [0.2, 0.25) is 0 Å². The van der Waals surface area contributed by atoms with Crippen molar-refractivity contribution in [1.82, 2.24) is 4.90 Å². The molecule has 1 aromatic carbocycles. The Morgan fingerprint density at radius 3 is 2.50 bits per heavy atom. The van der Waals surface area contributed by atoms with Crippen molar-refractivity contribution in [3.05, 3.63) is 36.9 Å². The zero-order valence-electron chi connectivity index (χ0n) is 16.7. The number of hydrogen-bond acceptors (Lipinski definition) is 5. The summed E-state index contributed by atoms with van der Waals surface area (Å²) in [6.45, 7) is 9.94. The van der Waals surface area contributed by atoms with E-state index in [0.29, 0.717) is 18.8 Å². The molecule has 1 N–H and O–H groups in total. The number of benzene rings is 1. The van der Waals surface area contributed by atoms with Crippen LogP contribution in [0.15, 0.2) is 36.9 Å². The Morgan fingerprint density at radius 1 is 1.32 bits per heavy atom. The molecule has 1 atom stereocenters. The summed E-state index contributed by atoms with van der Waals surface area (Å²) < 4.78 is 10.4. The minimum Gasteiger partial charge on any atom is -0.444 e. The van der Waals surface area contributed by atoms with Crippen LogP contribution >= 0.6 is 0 Å². The van der Waals surface area contributed by atoms with E-state index in [1.54, 1.807) is 49.9 Å². The molecule has 8 nitrogen and oxygen atoms in total. The zero-order valence-corrected chi connectivity index (χ0v) is 16.7. The summed E-state index contributed by atoms with van der Waals surface area (Å²) >= 11 is 0. The molecule has 3 amide bonds. The molecule has 1 fully saturated rings. The van der Waals surface area contributed by atoms with Gasteiger partial charge < -0.3 is 19.7 Å². The van der Waals surface area contributed by atoms with E-state index in [-0.39, 0.29) is 12.5 Å². The summed E-state index contributed by atoms with van der Waals surface area (Å²) in [7, 11) is 1.48. The molecule has 0 bridgehead atoms. The third-order valence-electron chi connectivity index (χ3n) is 4.02. The molecule has 1 saturated heterocycles. The maximum Gasteiger partial charge on any atom is 0.410 e. The molecular formula is C20H27N3O5. The zero-order chi connectivity index (χ0) is 20.9. The number of hydrogen-bond donors (Lipinski definition) is 1. The number of amides is 3. The highest BCUT2D eigenvalue weighted by atomic mass is 16.6. The van der Waals surface area contributed by atoms with Gasteiger partial charge in [-0.1, -0.05) is 6.08 Å². The minimum atomic E-state index is -0.893. The molecule has 8 heteroatoms. The topological polar surface area (TPSA) is 88.2 Å². The Bertz CT molecular complexity index is 739. The van der Waals surface area contributed by atoms with Crippen LogP contribution in [0.4, 0.5) is 16.2 Å². The maximum absolute atomic E-state index is 12.6. The normalized spacial score (nSPS) is 15.6. The van der Waals surface area contributed by atoms with E-state index in [2.05, 4.69) is 11.9 Å². The number of ether oxygens (including phenoxy) is 2. The molecule has 1 unspecified atom stereocenters. The fourth-order valence-corrected chi connectivity index (χ4v) is 2.62. The molecule has 0 saturated carbocycles. The van der Waals surface area contributed by atoms with Gasteiger partial charge in [-0.3, -0.25) is 14.5 Å². The third kappa shape index (κ3) is 5.56. The maximum atomic E-state index is 12.6. The second-order valence-electron chi connectivity index (χ2n) is 7.41.